The topological polar surface area (TPSA) is 94.2 Å². The number of rotatable bonds is 9. The molecule has 208 valence electrons. The number of likely N-dealkylation sites (N-methyl/N-ethyl adjacent to an activating group) is 1. The van der Waals surface area contributed by atoms with Crippen LogP contribution >= 0.6 is 11.3 Å². The lowest BCUT2D eigenvalue weighted by Crippen LogP contribution is -2.44. The highest BCUT2D eigenvalue weighted by Gasteiger charge is 2.18. The molecule has 9 heteroatoms. The molecule has 0 radical (unpaired) electrons. The van der Waals surface area contributed by atoms with Gasteiger partial charge in [0.1, 0.15) is 11.5 Å². The number of thiophene rings is 1. The van der Waals surface area contributed by atoms with Crippen LogP contribution in [0, 0.1) is 0 Å². The number of nitrogens with zero attached hydrogens (tertiary/aromatic N) is 4. The maximum atomic E-state index is 13.2. The minimum Gasteiger partial charge on any atom is -0.354 e. The number of hydrogen-bond acceptors (Lipinski definition) is 7. The number of carbonyl (C=O) groups excluding carboxylic acids is 2. The Balaban J connectivity index is 1.08. The highest BCUT2D eigenvalue weighted by atomic mass is 32.1. The average Bonchev–Trinajstić information content (AvgIpc) is 3.67. The molecule has 1 aliphatic rings. The summed E-state index contributed by atoms with van der Waals surface area (Å²) < 4.78 is 0. The van der Waals surface area contributed by atoms with Crippen LogP contribution in [0.25, 0.3) is 11.0 Å². The lowest BCUT2D eigenvalue weighted by molar-refractivity contribution is 0.0984. The molecular formula is C32H32N6O2S. The molecule has 1 amide bonds. The maximum Gasteiger partial charge on any atom is 0.255 e. The van der Waals surface area contributed by atoms with Gasteiger partial charge >= 0.3 is 0 Å². The molecule has 0 spiro atoms. The Morgan fingerprint density at radius 1 is 0.976 bits per heavy atom. The number of carbonyl (C=O) groups is 2. The van der Waals surface area contributed by atoms with Gasteiger partial charge in [-0.2, -0.15) is 0 Å². The summed E-state index contributed by atoms with van der Waals surface area (Å²) in [6, 6.07) is 17.4. The Hall–Kier alpha value is -4.34. The van der Waals surface area contributed by atoms with Crippen LogP contribution < -0.4 is 10.2 Å². The number of piperazine rings is 1. The van der Waals surface area contributed by atoms with E-state index in [0.29, 0.717) is 30.5 Å². The van der Waals surface area contributed by atoms with E-state index in [1.165, 1.54) is 11.3 Å². The minimum atomic E-state index is -0.174. The number of hydrogen-bond donors (Lipinski definition) is 2. The van der Waals surface area contributed by atoms with Gasteiger partial charge in [-0.3, -0.25) is 9.59 Å². The minimum absolute atomic E-state index is 0.136. The molecule has 1 fully saturated rings. The van der Waals surface area contributed by atoms with Crippen LogP contribution in [0.4, 0.5) is 11.5 Å². The largest absolute Gasteiger partial charge is 0.354 e. The molecule has 41 heavy (non-hydrogen) atoms. The van der Waals surface area contributed by atoms with Crippen molar-refractivity contribution < 1.29 is 9.59 Å². The molecular weight excluding hydrogens is 532 g/mol. The van der Waals surface area contributed by atoms with Crippen LogP contribution in [-0.4, -0.2) is 64.8 Å². The van der Waals surface area contributed by atoms with E-state index in [2.05, 4.69) is 37.1 Å². The van der Waals surface area contributed by atoms with Crippen molar-refractivity contribution in [2.75, 3.05) is 43.4 Å². The van der Waals surface area contributed by atoms with Crippen molar-refractivity contribution in [1.29, 1.82) is 0 Å². The number of H-pyrrole nitrogens is 1. The number of amides is 1. The number of nitrogens with one attached hydrogen (secondary N) is 2. The van der Waals surface area contributed by atoms with Crippen molar-refractivity contribution in [2.45, 2.75) is 19.3 Å². The molecule has 0 saturated carbocycles. The van der Waals surface area contributed by atoms with E-state index in [9.17, 15) is 9.59 Å². The molecule has 4 aromatic heterocycles. The SMILES string of the molecule is CN1CCN(c2cc(C(=O)Nc3cccc(CCC(=O)c4sccc4Cc4ccnc5[nH]ccc45)c3)ccn2)CC1. The van der Waals surface area contributed by atoms with Crippen molar-refractivity contribution in [3.05, 3.63) is 106 Å². The predicted octanol–water partition coefficient (Wildman–Crippen LogP) is 5.43. The Morgan fingerprint density at radius 2 is 1.83 bits per heavy atom. The summed E-state index contributed by atoms with van der Waals surface area (Å²) >= 11 is 1.50. The van der Waals surface area contributed by atoms with Crippen LogP contribution in [0.3, 0.4) is 0 Å². The molecule has 6 rings (SSSR count). The third kappa shape index (κ3) is 6.21. The first kappa shape index (κ1) is 26.9. The molecule has 1 aromatic carbocycles. The van der Waals surface area contributed by atoms with E-state index in [1.54, 1.807) is 18.5 Å². The lowest BCUT2D eigenvalue weighted by Gasteiger charge is -2.33. The molecule has 0 atom stereocenters. The number of aromatic amines is 1. The van der Waals surface area contributed by atoms with Gasteiger partial charge in [0.05, 0.1) is 4.88 Å². The van der Waals surface area contributed by atoms with E-state index in [0.717, 1.165) is 64.6 Å². The van der Waals surface area contributed by atoms with Crippen LogP contribution in [-0.2, 0) is 12.8 Å². The van der Waals surface area contributed by atoms with E-state index < -0.39 is 0 Å². The normalized spacial score (nSPS) is 13.9. The second kappa shape index (κ2) is 12.0. The Kier molecular flexibility index (Phi) is 7.89. The van der Waals surface area contributed by atoms with Gasteiger partial charge in [-0.05, 0) is 84.4 Å². The quantitative estimate of drug-likeness (QED) is 0.232. The smallest absolute Gasteiger partial charge is 0.255 e. The number of Topliss-reactive ketones (excluding diaryl/α,β-unsaturated/α-hetero) is 1. The summed E-state index contributed by atoms with van der Waals surface area (Å²) in [6.45, 7) is 3.73. The summed E-state index contributed by atoms with van der Waals surface area (Å²) in [5.74, 6) is 0.788. The molecule has 5 heterocycles. The van der Waals surface area contributed by atoms with Gasteiger partial charge in [0.2, 0.25) is 0 Å². The molecule has 2 N–H and O–H groups in total. The van der Waals surface area contributed by atoms with Gasteiger partial charge in [-0.25, -0.2) is 9.97 Å². The molecule has 8 nitrogen and oxygen atoms in total. The number of ketones is 1. The summed E-state index contributed by atoms with van der Waals surface area (Å²) in [4.78, 5) is 43.6. The van der Waals surface area contributed by atoms with Crippen LogP contribution in [0.5, 0.6) is 0 Å². The molecule has 5 aromatic rings. The van der Waals surface area contributed by atoms with Crippen molar-refractivity contribution in [3.63, 3.8) is 0 Å². The maximum absolute atomic E-state index is 13.2. The van der Waals surface area contributed by atoms with Crippen LogP contribution in [0.15, 0.2) is 78.6 Å². The Morgan fingerprint density at radius 3 is 2.71 bits per heavy atom. The highest BCUT2D eigenvalue weighted by molar-refractivity contribution is 7.12. The van der Waals surface area contributed by atoms with Crippen molar-refractivity contribution in [3.8, 4) is 0 Å². The molecule has 0 aliphatic carbocycles. The van der Waals surface area contributed by atoms with Crippen molar-refractivity contribution >= 4 is 45.6 Å². The number of benzene rings is 1. The van der Waals surface area contributed by atoms with Gasteiger partial charge in [0.15, 0.2) is 5.78 Å². The number of aryl methyl sites for hydroxylation is 1. The van der Waals surface area contributed by atoms with E-state index in [4.69, 9.17) is 0 Å². The van der Waals surface area contributed by atoms with Gasteiger partial charge in [-0.15, -0.1) is 11.3 Å². The Bertz CT molecular complexity index is 1680. The number of fused-ring (bicyclic) bond motifs is 1. The van der Waals surface area contributed by atoms with E-state index in [-0.39, 0.29) is 11.7 Å². The zero-order valence-electron chi connectivity index (χ0n) is 23.0. The zero-order chi connectivity index (χ0) is 28.2. The monoisotopic (exact) mass is 564 g/mol. The fourth-order valence-corrected chi connectivity index (χ4v) is 6.14. The van der Waals surface area contributed by atoms with Crippen LogP contribution in [0.2, 0.25) is 0 Å². The second-order valence-electron chi connectivity index (χ2n) is 10.4. The highest BCUT2D eigenvalue weighted by Crippen LogP contribution is 2.26. The zero-order valence-corrected chi connectivity index (χ0v) is 23.8. The summed E-state index contributed by atoms with van der Waals surface area (Å²) in [6.07, 6.45) is 7.07. The first-order valence-corrected chi connectivity index (χ1v) is 14.7. The Labute approximate surface area is 243 Å². The van der Waals surface area contributed by atoms with Crippen LogP contribution in [0.1, 0.15) is 43.1 Å². The summed E-state index contributed by atoms with van der Waals surface area (Å²) in [5.41, 5.74) is 5.34. The third-order valence-corrected chi connectivity index (χ3v) is 8.59. The van der Waals surface area contributed by atoms with Crippen molar-refractivity contribution in [2.24, 2.45) is 0 Å². The lowest BCUT2D eigenvalue weighted by atomic mass is 10.0. The van der Waals surface area contributed by atoms with Gasteiger partial charge in [-0.1, -0.05) is 12.1 Å². The number of aromatic nitrogens is 3. The summed E-state index contributed by atoms with van der Waals surface area (Å²) in [5, 5.41) is 6.09. The molecule has 1 saturated heterocycles. The fraction of sp³-hybridized carbons (Fsp3) is 0.250. The first-order valence-electron chi connectivity index (χ1n) is 13.8. The molecule has 0 bridgehead atoms. The molecule has 0 unspecified atom stereocenters. The third-order valence-electron chi connectivity index (χ3n) is 7.59. The fourth-order valence-electron chi connectivity index (χ4n) is 5.24. The predicted molar refractivity (Wildman–Crippen MR) is 164 cm³/mol. The van der Waals surface area contributed by atoms with E-state index >= 15 is 0 Å². The summed E-state index contributed by atoms with van der Waals surface area (Å²) in [7, 11) is 2.11. The van der Waals surface area contributed by atoms with Crippen molar-refractivity contribution in [1.82, 2.24) is 19.9 Å². The molecule has 1 aliphatic heterocycles. The number of anilines is 2. The van der Waals surface area contributed by atoms with Gasteiger partial charge < -0.3 is 20.1 Å². The van der Waals surface area contributed by atoms with Gasteiger partial charge in [0, 0.05) is 67.8 Å². The standard InChI is InChI=1S/C32H32N6O2S/c1-37-14-16-38(17-15-37)29-21-25(8-11-33-29)32(40)36-26-4-2-3-22(19-26)5-6-28(39)30-24(10-18-41-30)20-23-7-12-34-31-27(23)9-13-35-31/h2-4,7-13,18-19,21H,5-6,14-17,20H2,1H3,(H,34,35)(H,36,40). The van der Waals surface area contributed by atoms with E-state index in [1.807, 2.05) is 60.1 Å². The average molecular weight is 565 g/mol. The first-order chi connectivity index (χ1) is 20.0. The number of pyridine rings is 2. The van der Waals surface area contributed by atoms with Gasteiger partial charge in [0.25, 0.3) is 5.91 Å². The second-order valence-corrected chi connectivity index (χ2v) is 11.3.